The molecule has 34 heavy (non-hydrogen) atoms. The summed E-state index contributed by atoms with van der Waals surface area (Å²) in [6.45, 7) is 1.79. The number of thioether (sulfide) groups is 1. The number of benzene rings is 2. The Kier molecular flexibility index (Phi) is 6.64. The molecule has 0 unspecified atom stereocenters. The van der Waals surface area contributed by atoms with Crippen molar-refractivity contribution in [2.24, 2.45) is 0 Å². The molecule has 1 aromatic heterocycles. The molecule has 0 aliphatic carbocycles. The van der Waals surface area contributed by atoms with E-state index in [2.05, 4.69) is 20.7 Å². The first kappa shape index (κ1) is 23.4. The Labute approximate surface area is 200 Å². The second-order valence-corrected chi connectivity index (χ2v) is 8.09. The lowest BCUT2D eigenvalue weighted by Gasteiger charge is -2.30. The van der Waals surface area contributed by atoms with Crippen molar-refractivity contribution in [2.75, 3.05) is 38.2 Å². The second-order valence-electron chi connectivity index (χ2n) is 7.32. The van der Waals surface area contributed by atoms with Crippen LogP contribution in [-0.2, 0) is 4.79 Å². The molecule has 9 nitrogen and oxygen atoms in total. The van der Waals surface area contributed by atoms with Crippen LogP contribution in [0.15, 0.2) is 52.8 Å². The van der Waals surface area contributed by atoms with E-state index in [1.54, 1.807) is 23.7 Å². The summed E-state index contributed by atoms with van der Waals surface area (Å²) in [5.41, 5.74) is 2.07. The number of allylic oxidation sites excluding steroid dienone is 1. The minimum Gasteiger partial charge on any atom is -0.493 e. The molecular weight excluding hydrogens is 461 g/mol. The number of hydrogen-bond donors (Lipinski definition) is 2. The SMILES string of the molecule is COc1ccc([C@@H]2C(C(=O)Nc3ccc(F)cc3)=C(C)Nc3nc(SC)nn32)c(OC)c1OC. The van der Waals surface area contributed by atoms with Crippen molar-refractivity contribution in [3.63, 3.8) is 0 Å². The van der Waals surface area contributed by atoms with Crippen molar-refractivity contribution in [3.05, 3.63) is 59.0 Å². The van der Waals surface area contributed by atoms with Crippen molar-refractivity contribution < 1.29 is 23.4 Å². The van der Waals surface area contributed by atoms with Crippen molar-refractivity contribution in [2.45, 2.75) is 18.1 Å². The van der Waals surface area contributed by atoms with Gasteiger partial charge in [-0.2, -0.15) is 4.98 Å². The van der Waals surface area contributed by atoms with Gasteiger partial charge in [-0.3, -0.25) is 4.79 Å². The second kappa shape index (κ2) is 9.64. The maximum Gasteiger partial charge on any atom is 0.255 e. The average molecular weight is 486 g/mol. The Morgan fingerprint density at radius 1 is 1.09 bits per heavy atom. The molecule has 0 bridgehead atoms. The van der Waals surface area contributed by atoms with Gasteiger partial charge in [-0.1, -0.05) is 11.8 Å². The summed E-state index contributed by atoms with van der Waals surface area (Å²) in [5, 5.41) is 11.2. The summed E-state index contributed by atoms with van der Waals surface area (Å²) in [7, 11) is 4.57. The highest BCUT2D eigenvalue weighted by Gasteiger charge is 2.37. The van der Waals surface area contributed by atoms with Crippen LogP contribution in [0.1, 0.15) is 18.5 Å². The van der Waals surface area contributed by atoms with Gasteiger partial charge in [0.2, 0.25) is 16.9 Å². The Morgan fingerprint density at radius 3 is 2.41 bits per heavy atom. The van der Waals surface area contributed by atoms with Crippen LogP contribution in [0.2, 0.25) is 0 Å². The maximum absolute atomic E-state index is 13.5. The number of fused-ring (bicyclic) bond motifs is 1. The minimum atomic E-state index is -0.695. The highest BCUT2D eigenvalue weighted by atomic mass is 32.2. The first-order chi connectivity index (χ1) is 16.4. The van der Waals surface area contributed by atoms with Gasteiger partial charge in [-0.25, -0.2) is 9.07 Å². The summed E-state index contributed by atoms with van der Waals surface area (Å²) in [6.07, 6.45) is 1.87. The number of nitrogens with zero attached hydrogens (tertiary/aromatic N) is 3. The van der Waals surface area contributed by atoms with E-state index in [4.69, 9.17) is 14.2 Å². The average Bonchev–Trinajstić information content (AvgIpc) is 3.26. The Morgan fingerprint density at radius 2 is 1.79 bits per heavy atom. The number of aromatic nitrogens is 3. The van der Waals surface area contributed by atoms with E-state index in [1.165, 1.54) is 57.4 Å². The zero-order valence-electron chi connectivity index (χ0n) is 19.3. The number of halogens is 1. The molecule has 0 saturated carbocycles. The van der Waals surface area contributed by atoms with Crippen LogP contribution in [0.5, 0.6) is 17.2 Å². The molecule has 11 heteroatoms. The lowest BCUT2D eigenvalue weighted by atomic mass is 9.93. The van der Waals surface area contributed by atoms with E-state index in [0.29, 0.717) is 50.9 Å². The third-order valence-electron chi connectivity index (χ3n) is 5.39. The number of carbonyl (C=O) groups excluding carboxylic acids is 1. The van der Waals surface area contributed by atoms with Crippen LogP contribution in [-0.4, -0.2) is 48.3 Å². The zero-order valence-corrected chi connectivity index (χ0v) is 20.1. The summed E-state index contributed by atoms with van der Waals surface area (Å²) in [6, 6.07) is 8.42. The third kappa shape index (κ3) is 4.14. The van der Waals surface area contributed by atoms with Gasteiger partial charge in [-0.15, -0.1) is 5.10 Å². The molecule has 3 aromatic rings. The lowest BCUT2D eigenvalue weighted by Crippen LogP contribution is -2.31. The topological polar surface area (TPSA) is 99.5 Å². The normalized spacial score (nSPS) is 14.8. The molecule has 178 valence electrons. The molecule has 0 saturated heterocycles. The molecular formula is C23H24FN5O4S. The molecule has 4 rings (SSSR count). The molecule has 2 aromatic carbocycles. The Hall–Kier alpha value is -3.73. The first-order valence-electron chi connectivity index (χ1n) is 10.3. The molecule has 2 N–H and O–H groups in total. The number of rotatable bonds is 7. The molecule has 0 fully saturated rings. The fourth-order valence-electron chi connectivity index (χ4n) is 3.87. The van der Waals surface area contributed by atoms with Gasteiger partial charge in [0.1, 0.15) is 11.9 Å². The molecule has 0 radical (unpaired) electrons. The van der Waals surface area contributed by atoms with Gasteiger partial charge in [0.05, 0.1) is 26.9 Å². The van der Waals surface area contributed by atoms with E-state index < -0.39 is 11.9 Å². The Balaban J connectivity index is 1.88. The Bertz CT molecular complexity index is 1260. The quantitative estimate of drug-likeness (QED) is 0.483. The van der Waals surface area contributed by atoms with E-state index in [-0.39, 0.29) is 5.91 Å². The fourth-order valence-corrected chi connectivity index (χ4v) is 4.22. The minimum absolute atomic E-state index is 0.384. The van der Waals surface area contributed by atoms with Gasteiger partial charge in [0, 0.05) is 16.9 Å². The van der Waals surface area contributed by atoms with Gasteiger partial charge >= 0.3 is 0 Å². The molecule has 0 spiro atoms. The predicted molar refractivity (Wildman–Crippen MR) is 127 cm³/mol. The van der Waals surface area contributed by atoms with Crippen LogP contribution in [0.3, 0.4) is 0 Å². The van der Waals surface area contributed by atoms with Crippen molar-refractivity contribution in [1.82, 2.24) is 14.8 Å². The molecule has 2 heterocycles. The number of anilines is 2. The van der Waals surface area contributed by atoms with E-state index in [9.17, 15) is 9.18 Å². The summed E-state index contributed by atoms with van der Waals surface area (Å²) in [4.78, 5) is 18.1. The highest BCUT2D eigenvalue weighted by Crippen LogP contribution is 2.47. The summed E-state index contributed by atoms with van der Waals surface area (Å²) < 4.78 is 31.7. The van der Waals surface area contributed by atoms with E-state index in [0.717, 1.165) is 0 Å². The molecule has 1 atom stereocenters. The van der Waals surface area contributed by atoms with Crippen LogP contribution >= 0.6 is 11.8 Å². The number of hydrogen-bond acceptors (Lipinski definition) is 8. The molecule has 1 amide bonds. The first-order valence-corrected chi connectivity index (χ1v) is 11.5. The number of methoxy groups -OCH3 is 3. The van der Waals surface area contributed by atoms with Crippen LogP contribution in [0.4, 0.5) is 16.0 Å². The van der Waals surface area contributed by atoms with E-state index in [1.807, 2.05) is 6.26 Å². The van der Waals surface area contributed by atoms with E-state index >= 15 is 0 Å². The summed E-state index contributed by atoms with van der Waals surface area (Å²) in [5.74, 6) is 0.994. The standard InChI is InChI=1S/C23H24FN5O4S/c1-12-17(21(30)26-14-8-6-13(24)7-9-14)18(29-22(25-12)27-23(28-29)34-5)15-10-11-16(31-2)20(33-4)19(15)32-3/h6-11,18H,1-5H3,(H,26,30)(H,25,27,28)/t18-/m1/s1. The van der Waals surface area contributed by atoms with Gasteiger partial charge in [0.15, 0.2) is 11.5 Å². The number of nitrogens with one attached hydrogen (secondary N) is 2. The maximum atomic E-state index is 13.5. The predicted octanol–water partition coefficient (Wildman–Crippen LogP) is 4.09. The van der Waals surface area contributed by atoms with Crippen LogP contribution in [0, 0.1) is 5.82 Å². The van der Waals surface area contributed by atoms with Crippen molar-refractivity contribution >= 4 is 29.3 Å². The van der Waals surface area contributed by atoms with Gasteiger partial charge < -0.3 is 24.8 Å². The lowest BCUT2D eigenvalue weighted by molar-refractivity contribution is -0.113. The van der Waals surface area contributed by atoms with Crippen molar-refractivity contribution in [1.29, 1.82) is 0 Å². The van der Waals surface area contributed by atoms with Gasteiger partial charge in [0.25, 0.3) is 5.91 Å². The summed E-state index contributed by atoms with van der Waals surface area (Å²) >= 11 is 1.38. The highest BCUT2D eigenvalue weighted by molar-refractivity contribution is 7.98. The largest absolute Gasteiger partial charge is 0.493 e. The van der Waals surface area contributed by atoms with Crippen LogP contribution < -0.4 is 24.8 Å². The smallest absolute Gasteiger partial charge is 0.255 e. The van der Waals surface area contributed by atoms with Crippen molar-refractivity contribution in [3.8, 4) is 17.2 Å². The third-order valence-corrected chi connectivity index (χ3v) is 5.93. The fraction of sp³-hybridized carbons (Fsp3) is 0.261. The monoisotopic (exact) mass is 485 g/mol. The number of carbonyl (C=O) groups is 1. The van der Waals surface area contributed by atoms with Crippen LogP contribution in [0.25, 0.3) is 0 Å². The molecule has 1 aliphatic rings. The number of ether oxygens (including phenoxy) is 3. The number of amides is 1. The van der Waals surface area contributed by atoms with Gasteiger partial charge in [-0.05, 0) is 49.6 Å². The molecule has 1 aliphatic heterocycles. The zero-order chi connectivity index (χ0) is 24.4.